The number of thioether (sulfide) groups is 1. The normalized spacial score (nSPS) is 25.0. The van der Waals surface area contributed by atoms with Gasteiger partial charge in [-0.1, -0.05) is 0 Å². The van der Waals surface area contributed by atoms with Gasteiger partial charge in [0, 0.05) is 24.6 Å². The Morgan fingerprint density at radius 2 is 2.05 bits per heavy atom. The summed E-state index contributed by atoms with van der Waals surface area (Å²) in [5.41, 5.74) is 1.06. The first kappa shape index (κ1) is 14.4. The first-order valence-electron chi connectivity index (χ1n) is 7.21. The van der Waals surface area contributed by atoms with Crippen molar-refractivity contribution in [1.29, 1.82) is 0 Å². The predicted molar refractivity (Wildman–Crippen MR) is 79.8 cm³/mol. The van der Waals surface area contributed by atoms with Crippen LogP contribution in [0, 0.1) is 5.92 Å². The van der Waals surface area contributed by atoms with E-state index in [0.29, 0.717) is 24.5 Å². The van der Waals surface area contributed by atoms with E-state index in [4.69, 9.17) is 0 Å². The average Bonchev–Trinajstić information content (AvgIpc) is 3.24. The van der Waals surface area contributed by atoms with Crippen LogP contribution in [0.1, 0.15) is 24.8 Å². The molecule has 1 aromatic heterocycles. The van der Waals surface area contributed by atoms with E-state index in [2.05, 4.69) is 4.98 Å². The summed E-state index contributed by atoms with van der Waals surface area (Å²) in [4.78, 5) is 29.5. The van der Waals surface area contributed by atoms with Gasteiger partial charge in [0.25, 0.3) is 0 Å². The molecule has 3 rings (SSSR count). The molecule has 5 nitrogen and oxygen atoms in total. The van der Waals surface area contributed by atoms with Gasteiger partial charge in [-0.15, -0.1) is 11.8 Å². The van der Waals surface area contributed by atoms with Crippen LogP contribution in [0.15, 0.2) is 24.5 Å². The average molecular weight is 306 g/mol. The number of amides is 1. The van der Waals surface area contributed by atoms with E-state index in [0.717, 1.165) is 18.4 Å². The molecule has 6 heteroatoms. The molecule has 0 bridgehead atoms. The third kappa shape index (κ3) is 3.20. The molecule has 1 saturated carbocycles. The Morgan fingerprint density at radius 1 is 1.33 bits per heavy atom. The number of hydrogen-bond acceptors (Lipinski definition) is 4. The van der Waals surface area contributed by atoms with Crippen LogP contribution in [0.5, 0.6) is 0 Å². The Balaban J connectivity index is 1.66. The Morgan fingerprint density at radius 3 is 2.67 bits per heavy atom. The number of pyridine rings is 1. The second kappa shape index (κ2) is 6.05. The zero-order chi connectivity index (χ0) is 14.8. The lowest BCUT2D eigenvalue weighted by molar-refractivity contribution is -0.149. The van der Waals surface area contributed by atoms with Gasteiger partial charge < -0.3 is 10.0 Å². The van der Waals surface area contributed by atoms with Gasteiger partial charge in [0.2, 0.25) is 5.91 Å². The highest BCUT2D eigenvalue weighted by atomic mass is 32.2. The van der Waals surface area contributed by atoms with E-state index in [1.807, 2.05) is 12.1 Å². The topological polar surface area (TPSA) is 70.5 Å². The molecule has 1 saturated heterocycles. The van der Waals surface area contributed by atoms with Crippen LogP contribution >= 0.6 is 11.8 Å². The molecule has 0 spiro atoms. The molecule has 1 amide bonds. The largest absolute Gasteiger partial charge is 0.480 e. The van der Waals surface area contributed by atoms with Crippen molar-refractivity contribution in [1.82, 2.24) is 9.88 Å². The van der Waals surface area contributed by atoms with Crippen LogP contribution in [-0.4, -0.2) is 44.0 Å². The number of carboxylic acids is 1. The Bertz CT molecular complexity index is 533. The number of aromatic nitrogens is 1. The molecule has 1 aliphatic carbocycles. The minimum atomic E-state index is -0.886. The fourth-order valence-corrected chi connectivity index (χ4v) is 4.36. The molecule has 2 heterocycles. The third-order valence-electron chi connectivity index (χ3n) is 4.01. The van der Waals surface area contributed by atoms with Crippen LogP contribution in [-0.2, 0) is 16.0 Å². The zero-order valence-corrected chi connectivity index (χ0v) is 12.5. The van der Waals surface area contributed by atoms with Gasteiger partial charge in [0.05, 0.1) is 5.37 Å². The molecule has 2 atom stereocenters. The lowest BCUT2D eigenvalue weighted by Crippen LogP contribution is -2.46. The van der Waals surface area contributed by atoms with Crippen molar-refractivity contribution in [3.8, 4) is 0 Å². The van der Waals surface area contributed by atoms with Crippen molar-refractivity contribution in [2.75, 3.05) is 5.75 Å². The summed E-state index contributed by atoms with van der Waals surface area (Å²) in [6.07, 6.45) is 6.62. The summed E-state index contributed by atoms with van der Waals surface area (Å²) in [7, 11) is 0. The standard InChI is InChI=1S/C15H18N2O3S/c18-13(4-1-10-5-7-16-8-6-10)17-12(15(19)20)9-21-14(17)11-2-3-11/h5-8,11-12,14H,1-4,9H2,(H,19,20). The molecular weight excluding hydrogens is 288 g/mol. The Hall–Kier alpha value is -1.56. The summed E-state index contributed by atoms with van der Waals surface area (Å²) in [5, 5.41) is 9.39. The molecule has 1 N–H and O–H groups in total. The van der Waals surface area contributed by atoms with Crippen LogP contribution in [0.4, 0.5) is 0 Å². The molecule has 0 aromatic carbocycles. The third-order valence-corrected chi connectivity index (χ3v) is 5.47. The summed E-state index contributed by atoms with van der Waals surface area (Å²) < 4.78 is 0. The van der Waals surface area contributed by atoms with Crippen LogP contribution in [0.25, 0.3) is 0 Å². The summed E-state index contributed by atoms with van der Waals surface area (Å²) >= 11 is 1.62. The minimum absolute atomic E-state index is 0.0406. The second-order valence-electron chi connectivity index (χ2n) is 5.57. The van der Waals surface area contributed by atoms with Gasteiger partial charge in [-0.2, -0.15) is 0 Å². The molecule has 1 aromatic rings. The SMILES string of the molecule is O=C(O)C1CSC(C2CC2)N1C(=O)CCc1ccncc1. The number of rotatable bonds is 5. The van der Waals surface area contributed by atoms with E-state index in [1.54, 1.807) is 29.1 Å². The smallest absolute Gasteiger partial charge is 0.327 e. The number of aliphatic carboxylic acids is 1. The monoisotopic (exact) mass is 306 g/mol. The van der Waals surface area contributed by atoms with Crippen molar-refractivity contribution in [2.24, 2.45) is 5.92 Å². The summed E-state index contributed by atoms with van der Waals surface area (Å²) in [6.45, 7) is 0. The number of hydrogen-bond donors (Lipinski definition) is 1. The van der Waals surface area contributed by atoms with Crippen molar-refractivity contribution in [2.45, 2.75) is 37.1 Å². The molecule has 0 radical (unpaired) electrons. The zero-order valence-electron chi connectivity index (χ0n) is 11.6. The van der Waals surface area contributed by atoms with Gasteiger partial charge in [-0.05, 0) is 42.9 Å². The van der Waals surface area contributed by atoms with E-state index < -0.39 is 12.0 Å². The fraction of sp³-hybridized carbons (Fsp3) is 0.533. The number of carbonyl (C=O) groups is 2. The molecule has 21 heavy (non-hydrogen) atoms. The molecule has 2 unspecified atom stereocenters. The van der Waals surface area contributed by atoms with Crippen LogP contribution < -0.4 is 0 Å². The van der Waals surface area contributed by atoms with Crippen molar-refractivity contribution >= 4 is 23.6 Å². The number of carboxylic acid groups (broad SMARTS) is 1. The van der Waals surface area contributed by atoms with Gasteiger partial charge in [-0.3, -0.25) is 9.78 Å². The van der Waals surface area contributed by atoms with Crippen LogP contribution in [0.3, 0.4) is 0 Å². The highest BCUT2D eigenvalue weighted by Crippen LogP contribution is 2.45. The summed E-state index contributed by atoms with van der Waals surface area (Å²) in [5.74, 6) is 0.0746. The second-order valence-corrected chi connectivity index (χ2v) is 6.72. The maximum atomic E-state index is 12.5. The highest BCUT2D eigenvalue weighted by molar-refractivity contribution is 8.00. The first-order chi connectivity index (χ1) is 10.2. The molecule has 1 aliphatic heterocycles. The van der Waals surface area contributed by atoms with Gasteiger partial charge in [-0.25, -0.2) is 4.79 Å². The van der Waals surface area contributed by atoms with E-state index >= 15 is 0 Å². The highest BCUT2D eigenvalue weighted by Gasteiger charge is 2.47. The molecular formula is C15H18N2O3S. The van der Waals surface area contributed by atoms with Gasteiger partial charge in [0.15, 0.2) is 0 Å². The van der Waals surface area contributed by atoms with Crippen LogP contribution in [0.2, 0.25) is 0 Å². The maximum Gasteiger partial charge on any atom is 0.327 e. The number of carbonyl (C=O) groups excluding carboxylic acids is 1. The number of nitrogens with zero attached hydrogens (tertiary/aromatic N) is 2. The van der Waals surface area contributed by atoms with Crippen molar-refractivity contribution < 1.29 is 14.7 Å². The van der Waals surface area contributed by atoms with Gasteiger partial charge in [0.1, 0.15) is 6.04 Å². The lowest BCUT2D eigenvalue weighted by Gasteiger charge is -2.27. The quantitative estimate of drug-likeness (QED) is 0.898. The van der Waals surface area contributed by atoms with E-state index in [1.165, 1.54) is 0 Å². The first-order valence-corrected chi connectivity index (χ1v) is 8.26. The minimum Gasteiger partial charge on any atom is -0.480 e. The Labute approximate surface area is 127 Å². The van der Waals surface area contributed by atoms with Crippen molar-refractivity contribution in [3.63, 3.8) is 0 Å². The Kier molecular flexibility index (Phi) is 4.14. The summed E-state index contributed by atoms with van der Waals surface area (Å²) in [6, 6.07) is 3.11. The lowest BCUT2D eigenvalue weighted by atomic mass is 10.1. The van der Waals surface area contributed by atoms with Crippen molar-refractivity contribution in [3.05, 3.63) is 30.1 Å². The van der Waals surface area contributed by atoms with E-state index in [9.17, 15) is 14.7 Å². The molecule has 2 fully saturated rings. The van der Waals surface area contributed by atoms with E-state index in [-0.39, 0.29) is 11.3 Å². The maximum absolute atomic E-state index is 12.5. The molecule has 112 valence electrons. The molecule has 2 aliphatic rings. The fourth-order valence-electron chi connectivity index (χ4n) is 2.71. The number of aryl methyl sites for hydroxylation is 1. The van der Waals surface area contributed by atoms with Gasteiger partial charge >= 0.3 is 5.97 Å². The predicted octanol–water partition coefficient (Wildman–Crippen LogP) is 1.78.